The molecular formula is C28H27F3N4O6S. The molecule has 5 rings (SSSR count). The first kappa shape index (κ1) is 29.2. The van der Waals surface area contributed by atoms with Gasteiger partial charge < -0.3 is 18.9 Å². The quantitative estimate of drug-likeness (QED) is 0.253. The SMILES string of the molecule is COc1ccc(Cn2c(OCC(F)(F)F)nc3sc([C@H]4CCCN4C(=O)OCc4ccccc4)nc3c2=O)c(OC)c1. The van der Waals surface area contributed by atoms with Crippen LogP contribution in [0.2, 0.25) is 0 Å². The van der Waals surface area contributed by atoms with Crippen molar-refractivity contribution in [3.8, 4) is 17.5 Å². The largest absolute Gasteiger partial charge is 0.497 e. The lowest BCUT2D eigenvalue weighted by Gasteiger charge is -2.22. The summed E-state index contributed by atoms with van der Waals surface area (Å²) in [6.45, 7) is -1.30. The highest BCUT2D eigenvalue weighted by molar-refractivity contribution is 7.18. The van der Waals surface area contributed by atoms with Gasteiger partial charge in [0.1, 0.15) is 23.1 Å². The van der Waals surface area contributed by atoms with Gasteiger partial charge in [0.25, 0.3) is 5.56 Å². The van der Waals surface area contributed by atoms with Gasteiger partial charge in [0.05, 0.1) is 26.8 Å². The maximum atomic E-state index is 13.6. The maximum Gasteiger partial charge on any atom is 0.422 e. The van der Waals surface area contributed by atoms with Crippen molar-refractivity contribution >= 4 is 27.8 Å². The van der Waals surface area contributed by atoms with Crippen molar-refractivity contribution in [1.29, 1.82) is 0 Å². The van der Waals surface area contributed by atoms with Gasteiger partial charge >= 0.3 is 18.3 Å². The second-order valence-electron chi connectivity index (χ2n) is 9.46. The third kappa shape index (κ3) is 6.43. The molecule has 1 saturated heterocycles. The molecule has 1 aliphatic heterocycles. The lowest BCUT2D eigenvalue weighted by atomic mass is 10.2. The van der Waals surface area contributed by atoms with Gasteiger partial charge in [-0.3, -0.25) is 14.3 Å². The zero-order chi connectivity index (χ0) is 29.9. The number of carbonyl (C=O) groups excluding carboxylic acids is 1. The Morgan fingerprint density at radius 1 is 1.10 bits per heavy atom. The second kappa shape index (κ2) is 12.3. The molecule has 222 valence electrons. The first-order valence-electron chi connectivity index (χ1n) is 13.0. The van der Waals surface area contributed by atoms with Crippen molar-refractivity contribution in [3.05, 3.63) is 75.0 Å². The van der Waals surface area contributed by atoms with E-state index < -0.39 is 36.5 Å². The number of methoxy groups -OCH3 is 2. The van der Waals surface area contributed by atoms with Gasteiger partial charge in [-0.2, -0.15) is 18.2 Å². The number of carbonyl (C=O) groups is 1. The lowest BCUT2D eigenvalue weighted by molar-refractivity contribution is -0.155. The summed E-state index contributed by atoms with van der Waals surface area (Å²) in [6.07, 6.45) is -3.91. The summed E-state index contributed by atoms with van der Waals surface area (Å²) in [6, 6.07) is 13.1. The fourth-order valence-electron chi connectivity index (χ4n) is 4.64. The van der Waals surface area contributed by atoms with Gasteiger partial charge in [-0.1, -0.05) is 41.7 Å². The average molecular weight is 605 g/mol. The Morgan fingerprint density at radius 2 is 1.88 bits per heavy atom. The standard InChI is InChI=1S/C28H27F3N4O6S/c1-38-19-11-10-18(21(13-19)39-2)14-35-25(36)22-24(33-26(35)41-16-28(29,30)31)42-23(32-22)20-9-6-12-34(20)27(37)40-15-17-7-4-3-5-8-17/h3-5,7-8,10-11,13,20H,6,9,12,14-16H2,1-2H3/t20-/m1/s1. The van der Waals surface area contributed by atoms with E-state index in [1.807, 2.05) is 30.3 Å². The molecule has 0 saturated carbocycles. The highest BCUT2D eigenvalue weighted by Crippen LogP contribution is 2.36. The van der Waals surface area contributed by atoms with Crippen LogP contribution >= 0.6 is 11.3 Å². The topological polar surface area (TPSA) is 105 Å². The van der Waals surface area contributed by atoms with Crippen LogP contribution in [0.5, 0.6) is 17.5 Å². The van der Waals surface area contributed by atoms with Gasteiger partial charge in [-0.05, 0) is 30.5 Å². The minimum Gasteiger partial charge on any atom is -0.497 e. The molecule has 1 aliphatic rings. The number of fused-ring (bicyclic) bond motifs is 1. The van der Waals surface area contributed by atoms with E-state index in [0.29, 0.717) is 41.5 Å². The smallest absolute Gasteiger partial charge is 0.422 e. The molecule has 0 aliphatic carbocycles. The summed E-state index contributed by atoms with van der Waals surface area (Å²) < 4.78 is 61.3. The molecule has 0 unspecified atom stereocenters. The van der Waals surface area contributed by atoms with E-state index in [0.717, 1.165) is 21.5 Å². The Balaban J connectivity index is 1.47. The first-order chi connectivity index (χ1) is 20.2. The molecule has 1 amide bonds. The van der Waals surface area contributed by atoms with E-state index in [1.54, 1.807) is 23.1 Å². The van der Waals surface area contributed by atoms with Crippen LogP contribution in [0.4, 0.5) is 18.0 Å². The number of rotatable bonds is 9. The molecule has 0 bridgehead atoms. The highest BCUT2D eigenvalue weighted by Gasteiger charge is 2.35. The van der Waals surface area contributed by atoms with Crippen LogP contribution in [0.25, 0.3) is 10.3 Å². The Bertz CT molecular complexity index is 1630. The van der Waals surface area contributed by atoms with Crippen molar-refractivity contribution in [1.82, 2.24) is 19.4 Å². The summed E-state index contributed by atoms with van der Waals surface area (Å²) in [5, 5.41) is 0.435. The number of alkyl halides is 3. The van der Waals surface area contributed by atoms with E-state index in [4.69, 9.17) is 18.9 Å². The summed E-state index contributed by atoms with van der Waals surface area (Å²) >= 11 is 1.03. The third-order valence-electron chi connectivity index (χ3n) is 6.67. The zero-order valence-electron chi connectivity index (χ0n) is 22.7. The predicted octanol–water partition coefficient (Wildman–Crippen LogP) is 5.33. The molecule has 1 atom stereocenters. The van der Waals surface area contributed by atoms with Crippen LogP contribution in [-0.4, -0.2) is 59.1 Å². The molecule has 14 heteroatoms. The van der Waals surface area contributed by atoms with Gasteiger partial charge in [0, 0.05) is 18.2 Å². The molecule has 10 nitrogen and oxygen atoms in total. The second-order valence-corrected chi connectivity index (χ2v) is 10.5. The number of aromatic nitrogens is 3. The highest BCUT2D eigenvalue weighted by atomic mass is 32.1. The van der Waals surface area contributed by atoms with Crippen LogP contribution in [0.3, 0.4) is 0 Å². The minimum absolute atomic E-state index is 0.0358. The van der Waals surface area contributed by atoms with Gasteiger partial charge in [0.15, 0.2) is 17.0 Å². The van der Waals surface area contributed by atoms with E-state index in [-0.39, 0.29) is 23.5 Å². The number of thiazole rings is 1. The summed E-state index contributed by atoms with van der Waals surface area (Å²) in [4.78, 5) is 37.0. The van der Waals surface area contributed by atoms with Crippen molar-refractivity contribution in [2.24, 2.45) is 0 Å². The van der Waals surface area contributed by atoms with Crippen molar-refractivity contribution in [3.63, 3.8) is 0 Å². The minimum atomic E-state index is -4.65. The van der Waals surface area contributed by atoms with Crippen LogP contribution < -0.4 is 19.8 Å². The number of halogens is 3. The Kier molecular flexibility index (Phi) is 8.52. The van der Waals surface area contributed by atoms with Crippen LogP contribution in [0.15, 0.2) is 53.3 Å². The number of hydrogen-bond donors (Lipinski definition) is 0. The first-order valence-corrected chi connectivity index (χ1v) is 13.8. The fourth-order valence-corrected chi connectivity index (χ4v) is 5.71. The molecule has 0 spiro atoms. The number of ether oxygens (including phenoxy) is 4. The summed E-state index contributed by atoms with van der Waals surface area (Å²) in [5.41, 5.74) is 0.600. The third-order valence-corrected chi connectivity index (χ3v) is 7.72. The molecule has 0 N–H and O–H groups in total. The normalized spacial score (nSPS) is 15.2. The fraction of sp³-hybridized carbons (Fsp3) is 0.357. The molecule has 2 aromatic carbocycles. The van der Waals surface area contributed by atoms with Crippen molar-refractivity contribution in [2.45, 2.75) is 38.2 Å². The average Bonchev–Trinajstić information content (AvgIpc) is 3.64. The number of hydrogen-bond acceptors (Lipinski definition) is 9. The van der Waals surface area contributed by atoms with Gasteiger partial charge in [0.2, 0.25) is 0 Å². The number of amides is 1. The number of benzene rings is 2. The molecule has 1 fully saturated rings. The van der Waals surface area contributed by atoms with Crippen molar-refractivity contribution in [2.75, 3.05) is 27.4 Å². The van der Waals surface area contributed by atoms with E-state index in [9.17, 15) is 22.8 Å². The Labute approximate surface area is 242 Å². The molecule has 3 heterocycles. The maximum absolute atomic E-state index is 13.6. The van der Waals surface area contributed by atoms with E-state index in [2.05, 4.69) is 9.97 Å². The van der Waals surface area contributed by atoms with Crippen LogP contribution in [0.1, 0.15) is 35.0 Å². The molecule has 0 radical (unpaired) electrons. The molecule has 2 aromatic heterocycles. The Morgan fingerprint density at radius 3 is 2.60 bits per heavy atom. The summed E-state index contributed by atoms with van der Waals surface area (Å²) in [5.74, 6) is 0.857. The van der Waals surface area contributed by atoms with Gasteiger partial charge in [-0.25, -0.2) is 9.78 Å². The van der Waals surface area contributed by atoms with Crippen molar-refractivity contribution < 1.29 is 36.9 Å². The van der Waals surface area contributed by atoms with Crippen LogP contribution in [0, 0.1) is 0 Å². The molecule has 42 heavy (non-hydrogen) atoms. The molecular weight excluding hydrogens is 577 g/mol. The lowest BCUT2D eigenvalue weighted by Crippen LogP contribution is -2.31. The molecule has 4 aromatic rings. The predicted molar refractivity (Wildman–Crippen MR) is 147 cm³/mol. The summed E-state index contributed by atoms with van der Waals surface area (Å²) in [7, 11) is 2.91. The van der Waals surface area contributed by atoms with E-state index >= 15 is 0 Å². The number of nitrogens with zero attached hydrogens (tertiary/aromatic N) is 4. The number of likely N-dealkylation sites (tertiary alicyclic amines) is 1. The van der Waals surface area contributed by atoms with Crippen LogP contribution in [-0.2, 0) is 17.9 Å². The Hall–Kier alpha value is -4.33. The van der Waals surface area contributed by atoms with Gasteiger partial charge in [-0.15, -0.1) is 0 Å². The monoisotopic (exact) mass is 604 g/mol. The van der Waals surface area contributed by atoms with E-state index in [1.165, 1.54) is 14.2 Å². The zero-order valence-corrected chi connectivity index (χ0v) is 23.5.